The second kappa shape index (κ2) is 6.07. The van der Waals surface area contributed by atoms with Gasteiger partial charge in [0, 0.05) is 13.1 Å². The molecule has 1 N–H and O–H groups in total. The van der Waals surface area contributed by atoms with Gasteiger partial charge in [-0.2, -0.15) is 5.26 Å². The third-order valence-electron chi connectivity index (χ3n) is 2.75. The Morgan fingerprint density at radius 3 is 2.32 bits per heavy atom. The van der Waals surface area contributed by atoms with Gasteiger partial charge in [-0.3, -0.25) is 0 Å². The lowest BCUT2D eigenvalue weighted by atomic mass is 10.1. The van der Waals surface area contributed by atoms with Crippen LogP contribution in [-0.2, 0) is 13.1 Å². The first-order chi connectivity index (χ1) is 9.19. The molecule has 0 spiro atoms. The minimum Gasteiger partial charge on any atom is -0.309 e. The zero-order chi connectivity index (χ0) is 13.7. The molecule has 2 rings (SSSR count). The highest BCUT2D eigenvalue weighted by Gasteiger charge is 2.03. The van der Waals surface area contributed by atoms with Crippen molar-refractivity contribution in [3.05, 3.63) is 70.8 Å². The van der Waals surface area contributed by atoms with E-state index < -0.39 is 0 Å². The minimum atomic E-state index is -0.363. The first-order valence-corrected chi connectivity index (χ1v) is 5.83. The summed E-state index contributed by atoms with van der Waals surface area (Å²) in [6, 6.07) is 12.2. The molecule has 4 heteroatoms. The van der Waals surface area contributed by atoms with Crippen LogP contribution in [0, 0.1) is 23.0 Å². The zero-order valence-corrected chi connectivity index (χ0v) is 10.2. The summed E-state index contributed by atoms with van der Waals surface area (Å²) in [4.78, 5) is 0. The molecule has 0 unspecified atom stereocenters. The van der Waals surface area contributed by atoms with Gasteiger partial charge in [-0.15, -0.1) is 0 Å². The molecular weight excluding hydrogens is 246 g/mol. The lowest BCUT2D eigenvalue weighted by Crippen LogP contribution is -2.13. The Balaban J connectivity index is 1.98. The van der Waals surface area contributed by atoms with Gasteiger partial charge in [0.15, 0.2) is 0 Å². The van der Waals surface area contributed by atoms with E-state index in [1.54, 1.807) is 12.1 Å². The second-order valence-corrected chi connectivity index (χ2v) is 4.14. The van der Waals surface area contributed by atoms with E-state index in [1.807, 2.05) is 6.07 Å². The maximum absolute atomic E-state index is 13.1. The molecule has 0 bridgehead atoms. The lowest BCUT2D eigenvalue weighted by Gasteiger charge is -2.07. The molecule has 2 aromatic carbocycles. The molecule has 0 radical (unpaired) electrons. The van der Waals surface area contributed by atoms with Gasteiger partial charge in [0.05, 0.1) is 11.6 Å². The molecule has 0 amide bonds. The number of hydrogen-bond donors (Lipinski definition) is 1. The van der Waals surface area contributed by atoms with Gasteiger partial charge in [-0.05, 0) is 41.5 Å². The van der Waals surface area contributed by atoms with Crippen LogP contribution in [0.3, 0.4) is 0 Å². The smallest absolute Gasteiger partial charge is 0.123 e. The van der Waals surface area contributed by atoms with E-state index in [1.165, 1.54) is 30.3 Å². The molecular formula is C15H12F2N2. The summed E-state index contributed by atoms with van der Waals surface area (Å²) in [5.41, 5.74) is 1.99. The van der Waals surface area contributed by atoms with E-state index >= 15 is 0 Å². The zero-order valence-electron chi connectivity index (χ0n) is 10.2. The second-order valence-electron chi connectivity index (χ2n) is 4.14. The monoisotopic (exact) mass is 258 g/mol. The molecule has 0 aliphatic rings. The van der Waals surface area contributed by atoms with Crippen molar-refractivity contribution in [1.82, 2.24) is 5.32 Å². The molecule has 0 aliphatic heterocycles. The maximum atomic E-state index is 13.1. The average molecular weight is 258 g/mol. The van der Waals surface area contributed by atoms with E-state index in [-0.39, 0.29) is 11.6 Å². The Hall–Kier alpha value is -2.25. The molecule has 0 saturated heterocycles. The number of rotatable bonds is 4. The van der Waals surface area contributed by atoms with Gasteiger partial charge in [0.2, 0.25) is 0 Å². The molecule has 0 aromatic heterocycles. The van der Waals surface area contributed by atoms with E-state index in [0.29, 0.717) is 24.2 Å². The molecule has 96 valence electrons. The predicted molar refractivity (Wildman–Crippen MR) is 68.1 cm³/mol. The van der Waals surface area contributed by atoms with Gasteiger partial charge < -0.3 is 5.32 Å². The molecule has 19 heavy (non-hydrogen) atoms. The summed E-state index contributed by atoms with van der Waals surface area (Å²) >= 11 is 0. The maximum Gasteiger partial charge on any atom is 0.123 e. The normalized spacial score (nSPS) is 10.2. The minimum absolute atomic E-state index is 0.277. The van der Waals surface area contributed by atoms with Crippen LogP contribution in [0.4, 0.5) is 8.78 Å². The van der Waals surface area contributed by atoms with Crippen molar-refractivity contribution in [3.8, 4) is 6.07 Å². The third kappa shape index (κ3) is 3.60. The van der Waals surface area contributed by atoms with Gasteiger partial charge in [0.1, 0.15) is 11.6 Å². The average Bonchev–Trinajstić information content (AvgIpc) is 2.41. The van der Waals surface area contributed by atoms with Crippen molar-refractivity contribution in [2.24, 2.45) is 0 Å². The van der Waals surface area contributed by atoms with Crippen molar-refractivity contribution in [3.63, 3.8) is 0 Å². The summed E-state index contributed by atoms with van der Waals surface area (Å²) in [6.07, 6.45) is 0. The van der Waals surface area contributed by atoms with Crippen LogP contribution in [-0.4, -0.2) is 0 Å². The van der Waals surface area contributed by atoms with Crippen LogP contribution in [0.1, 0.15) is 16.7 Å². The Kier molecular flexibility index (Phi) is 4.22. The van der Waals surface area contributed by atoms with Crippen molar-refractivity contribution in [1.29, 1.82) is 5.26 Å². The topological polar surface area (TPSA) is 35.8 Å². The fraction of sp³-hybridized carbons (Fsp3) is 0.133. The predicted octanol–water partition coefficient (Wildman–Crippen LogP) is 3.13. The molecule has 2 aromatic rings. The Morgan fingerprint density at radius 1 is 0.947 bits per heavy atom. The van der Waals surface area contributed by atoms with Crippen LogP contribution >= 0.6 is 0 Å². The van der Waals surface area contributed by atoms with Gasteiger partial charge in [-0.1, -0.05) is 12.1 Å². The number of halogens is 2. The van der Waals surface area contributed by atoms with Crippen molar-refractivity contribution < 1.29 is 8.78 Å². The van der Waals surface area contributed by atoms with E-state index in [2.05, 4.69) is 5.32 Å². The van der Waals surface area contributed by atoms with E-state index in [0.717, 1.165) is 5.56 Å². The third-order valence-corrected chi connectivity index (χ3v) is 2.75. The van der Waals surface area contributed by atoms with E-state index in [4.69, 9.17) is 5.26 Å². The highest BCUT2D eigenvalue weighted by atomic mass is 19.1. The first kappa shape index (κ1) is 13.2. The molecule has 2 nitrogen and oxygen atoms in total. The van der Waals surface area contributed by atoms with Crippen LogP contribution in [0.25, 0.3) is 0 Å². The van der Waals surface area contributed by atoms with Crippen LogP contribution in [0.5, 0.6) is 0 Å². The number of benzene rings is 2. The number of nitrogens with zero attached hydrogens (tertiary/aromatic N) is 1. The first-order valence-electron chi connectivity index (χ1n) is 5.83. The fourth-order valence-corrected chi connectivity index (χ4v) is 1.76. The van der Waals surface area contributed by atoms with Gasteiger partial charge >= 0.3 is 0 Å². The Labute approximate surface area is 110 Å². The fourth-order valence-electron chi connectivity index (χ4n) is 1.76. The highest BCUT2D eigenvalue weighted by molar-refractivity contribution is 5.37. The standard InChI is InChI=1S/C15H12F2N2/c16-14-4-1-11(2-5-14)9-19-10-13-7-15(17)6-3-12(13)8-18/h1-7,19H,9-10H2. The van der Waals surface area contributed by atoms with Crippen LogP contribution < -0.4 is 5.32 Å². The van der Waals surface area contributed by atoms with Crippen molar-refractivity contribution in [2.45, 2.75) is 13.1 Å². The molecule has 0 atom stereocenters. The Morgan fingerprint density at radius 2 is 1.63 bits per heavy atom. The quantitative estimate of drug-likeness (QED) is 0.914. The van der Waals surface area contributed by atoms with E-state index in [9.17, 15) is 8.78 Å². The van der Waals surface area contributed by atoms with Crippen LogP contribution in [0.15, 0.2) is 42.5 Å². The number of nitrogens with one attached hydrogen (secondary N) is 1. The molecule has 0 heterocycles. The number of hydrogen-bond acceptors (Lipinski definition) is 2. The Bertz CT molecular complexity index is 601. The SMILES string of the molecule is N#Cc1ccc(F)cc1CNCc1ccc(F)cc1. The molecule has 0 saturated carbocycles. The summed E-state index contributed by atoms with van der Waals surface area (Å²) in [5.74, 6) is -0.641. The summed E-state index contributed by atoms with van der Waals surface area (Å²) in [7, 11) is 0. The summed E-state index contributed by atoms with van der Waals surface area (Å²) in [6.45, 7) is 0.916. The summed E-state index contributed by atoms with van der Waals surface area (Å²) in [5, 5.41) is 12.0. The molecule has 0 fully saturated rings. The van der Waals surface area contributed by atoms with Gasteiger partial charge in [-0.25, -0.2) is 8.78 Å². The summed E-state index contributed by atoms with van der Waals surface area (Å²) < 4.78 is 25.8. The lowest BCUT2D eigenvalue weighted by molar-refractivity contribution is 0.617. The van der Waals surface area contributed by atoms with Gasteiger partial charge in [0.25, 0.3) is 0 Å². The van der Waals surface area contributed by atoms with Crippen molar-refractivity contribution >= 4 is 0 Å². The van der Waals surface area contributed by atoms with Crippen LogP contribution in [0.2, 0.25) is 0 Å². The largest absolute Gasteiger partial charge is 0.309 e. The number of nitriles is 1. The highest BCUT2D eigenvalue weighted by Crippen LogP contribution is 2.10. The van der Waals surface area contributed by atoms with Crippen molar-refractivity contribution in [2.75, 3.05) is 0 Å². The molecule has 0 aliphatic carbocycles.